The van der Waals surface area contributed by atoms with E-state index in [9.17, 15) is 4.79 Å². The van der Waals surface area contributed by atoms with E-state index in [2.05, 4.69) is 5.32 Å². The maximum absolute atomic E-state index is 11.9. The lowest BCUT2D eigenvalue weighted by molar-refractivity contribution is 0.0916. The molecule has 106 valence electrons. The summed E-state index contributed by atoms with van der Waals surface area (Å²) in [5, 5.41) is 2.89. The van der Waals surface area contributed by atoms with Crippen molar-refractivity contribution in [2.75, 3.05) is 13.2 Å². The van der Waals surface area contributed by atoms with E-state index in [4.69, 9.17) is 9.15 Å². The van der Waals surface area contributed by atoms with Gasteiger partial charge < -0.3 is 14.5 Å². The summed E-state index contributed by atoms with van der Waals surface area (Å²) in [5.41, 5.74) is 1.71. The molecule has 0 saturated heterocycles. The Balaban J connectivity index is 1.61. The molecule has 1 heterocycles. The smallest absolute Gasteiger partial charge is 0.251 e. The highest BCUT2D eigenvalue weighted by Crippen LogP contribution is 2.06. The molecule has 0 atom stereocenters. The Kier molecular flexibility index (Phi) is 5.38. The van der Waals surface area contributed by atoms with Gasteiger partial charge in [-0.25, -0.2) is 0 Å². The average Bonchev–Trinajstić information content (AvgIpc) is 2.96. The summed E-state index contributed by atoms with van der Waals surface area (Å²) < 4.78 is 10.6. The molecule has 0 aliphatic heterocycles. The van der Waals surface area contributed by atoms with Crippen LogP contribution in [0.5, 0.6) is 0 Å². The Hall–Kier alpha value is -2.07. The maximum Gasteiger partial charge on any atom is 0.251 e. The molecule has 0 radical (unpaired) electrons. The lowest BCUT2D eigenvalue weighted by Crippen LogP contribution is -2.25. The third kappa shape index (κ3) is 4.24. The molecule has 2 rings (SSSR count). The molecular formula is C16H19NO3. The van der Waals surface area contributed by atoms with Gasteiger partial charge in [0.2, 0.25) is 0 Å². The fourth-order valence-electron chi connectivity index (χ4n) is 1.87. The number of ether oxygens (including phenoxy) is 1. The van der Waals surface area contributed by atoms with Gasteiger partial charge in [-0.2, -0.15) is 0 Å². The number of furan rings is 1. The molecule has 20 heavy (non-hydrogen) atoms. The molecule has 0 fully saturated rings. The number of aryl methyl sites for hydroxylation is 1. The van der Waals surface area contributed by atoms with Gasteiger partial charge in [-0.3, -0.25) is 4.79 Å². The Morgan fingerprint density at radius 1 is 1.25 bits per heavy atom. The Morgan fingerprint density at radius 3 is 2.85 bits per heavy atom. The Morgan fingerprint density at radius 2 is 2.10 bits per heavy atom. The van der Waals surface area contributed by atoms with E-state index in [0.29, 0.717) is 19.8 Å². The summed E-state index contributed by atoms with van der Waals surface area (Å²) in [4.78, 5) is 11.9. The standard InChI is InChI=1S/C16H19NO3/c1-13-6-2-3-8-15(13)16(18)17-9-5-10-19-12-14-7-4-11-20-14/h2-4,6-8,11H,5,9-10,12H2,1H3,(H,17,18). The lowest BCUT2D eigenvalue weighted by Gasteiger charge is -2.07. The van der Waals surface area contributed by atoms with Crippen LogP contribution in [0, 0.1) is 6.92 Å². The van der Waals surface area contributed by atoms with Crippen molar-refractivity contribution < 1.29 is 13.9 Å². The largest absolute Gasteiger partial charge is 0.467 e. The zero-order valence-corrected chi connectivity index (χ0v) is 11.6. The van der Waals surface area contributed by atoms with E-state index >= 15 is 0 Å². The van der Waals surface area contributed by atoms with Gasteiger partial charge in [0.1, 0.15) is 12.4 Å². The summed E-state index contributed by atoms with van der Waals surface area (Å²) in [7, 11) is 0. The van der Waals surface area contributed by atoms with E-state index < -0.39 is 0 Å². The normalized spacial score (nSPS) is 10.4. The lowest BCUT2D eigenvalue weighted by atomic mass is 10.1. The van der Waals surface area contributed by atoms with Gasteiger partial charge in [0.15, 0.2) is 0 Å². The van der Waals surface area contributed by atoms with Crippen LogP contribution in [0.25, 0.3) is 0 Å². The minimum atomic E-state index is -0.0332. The second-order valence-electron chi connectivity index (χ2n) is 4.56. The molecule has 0 bridgehead atoms. The highest BCUT2D eigenvalue weighted by molar-refractivity contribution is 5.95. The van der Waals surface area contributed by atoms with Crippen LogP contribution < -0.4 is 5.32 Å². The van der Waals surface area contributed by atoms with Crippen molar-refractivity contribution in [3.63, 3.8) is 0 Å². The van der Waals surface area contributed by atoms with E-state index in [1.54, 1.807) is 6.26 Å². The topological polar surface area (TPSA) is 51.5 Å². The molecular weight excluding hydrogens is 254 g/mol. The van der Waals surface area contributed by atoms with Gasteiger partial charge in [-0.15, -0.1) is 0 Å². The summed E-state index contributed by atoms with van der Waals surface area (Å²) in [6.07, 6.45) is 2.40. The highest BCUT2D eigenvalue weighted by atomic mass is 16.5. The molecule has 4 nitrogen and oxygen atoms in total. The molecule has 2 aromatic rings. The van der Waals surface area contributed by atoms with Crippen molar-refractivity contribution in [1.29, 1.82) is 0 Å². The molecule has 0 saturated carbocycles. The van der Waals surface area contributed by atoms with Crippen LogP contribution in [0.1, 0.15) is 28.1 Å². The van der Waals surface area contributed by atoms with Crippen molar-refractivity contribution in [2.45, 2.75) is 20.0 Å². The first-order valence-electron chi connectivity index (χ1n) is 6.71. The van der Waals surface area contributed by atoms with Gasteiger partial charge in [0, 0.05) is 18.7 Å². The molecule has 1 amide bonds. The van der Waals surface area contributed by atoms with Crippen LogP contribution >= 0.6 is 0 Å². The molecule has 1 N–H and O–H groups in total. The number of hydrogen-bond donors (Lipinski definition) is 1. The van der Waals surface area contributed by atoms with Crippen molar-refractivity contribution in [1.82, 2.24) is 5.32 Å². The molecule has 1 aromatic carbocycles. The molecule has 0 unspecified atom stereocenters. The fourth-order valence-corrected chi connectivity index (χ4v) is 1.87. The van der Waals surface area contributed by atoms with Gasteiger partial charge in [0.05, 0.1) is 6.26 Å². The quantitative estimate of drug-likeness (QED) is 0.789. The second-order valence-corrected chi connectivity index (χ2v) is 4.56. The number of rotatable bonds is 7. The molecule has 0 aliphatic rings. The number of amides is 1. The third-order valence-electron chi connectivity index (χ3n) is 2.97. The number of carbonyl (C=O) groups is 1. The van der Waals surface area contributed by atoms with Crippen LogP contribution in [0.4, 0.5) is 0 Å². The Bertz CT molecular complexity index is 534. The second kappa shape index (κ2) is 7.50. The van der Waals surface area contributed by atoms with E-state index in [0.717, 1.165) is 23.3 Å². The molecule has 1 aromatic heterocycles. The third-order valence-corrected chi connectivity index (χ3v) is 2.97. The summed E-state index contributed by atoms with van der Waals surface area (Å²) >= 11 is 0. The van der Waals surface area contributed by atoms with Gasteiger partial charge >= 0.3 is 0 Å². The maximum atomic E-state index is 11.9. The average molecular weight is 273 g/mol. The summed E-state index contributed by atoms with van der Waals surface area (Å²) in [5.74, 6) is 0.781. The molecule has 0 aliphatic carbocycles. The molecule has 4 heteroatoms. The zero-order valence-electron chi connectivity index (χ0n) is 11.6. The van der Waals surface area contributed by atoms with Crippen molar-refractivity contribution in [3.8, 4) is 0 Å². The summed E-state index contributed by atoms with van der Waals surface area (Å²) in [6.45, 7) is 3.60. The Labute approximate surface area is 118 Å². The first-order chi connectivity index (χ1) is 9.77. The first kappa shape index (κ1) is 14.3. The highest BCUT2D eigenvalue weighted by Gasteiger charge is 2.06. The van der Waals surface area contributed by atoms with Crippen LogP contribution in [-0.2, 0) is 11.3 Å². The van der Waals surface area contributed by atoms with Crippen molar-refractivity contribution in [2.24, 2.45) is 0 Å². The number of hydrogen-bond acceptors (Lipinski definition) is 3. The monoisotopic (exact) mass is 273 g/mol. The first-order valence-corrected chi connectivity index (χ1v) is 6.71. The fraction of sp³-hybridized carbons (Fsp3) is 0.312. The minimum absolute atomic E-state index is 0.0332. The van der Waals surface area contributed by atoms with Crippen LogP contribution in [0.2, 0.25) is 0 Å². The van der Waals surface area contributed by atoms with Crippen LogP contribution in [0.3, 0.4) is 0 Å². The number of benzene rings is 1. The predicted octanol–water partition coefficient (Wildman–Crippen LogP) is 2.92. The predicted molar refractivity (Wildman–Crippen MR) is 76.5 cm³/mol. The van der Waals surface area contributed by atoms with Gasteiger partial charge in [-0.1, -0.05) is 18.2 Å². The zero-order chi connectivity index (χ0) is 14.2. The van der Waals surface area contributed by atoms with Crippen LogP contribution in [-0.4, -0.2) is 19.1 Å². The summed E-state index contributed by atoms with van der Waals surface area (Å²) in [6, 6.07) is 11.3. The number of nitrogens with one attached hydrogen (secondary N) is 1. The van der Waals surface area contributed by atoms with Gasteiger partial charge in [-0.05, 0) is 37.1 Å². The number of carbonyl (C=O) groups excluding carboxylic acids is 1. The van der Waals surface area contributed by atoms with Crippen molar-refractivity contribution in [3.05, 3.63) is 59.5 Å². The molecule has 0 spiro atoms. The van der Waals surface area contributed by atoms with Gasteiger partial charge in [0.25, 0.3) is 5.91 Å². The minimum Gasteiger partial charge on any atom is -0.467 e. The van der Waals surface area contributed by atoms with E-state index in [1.165, 1.54) is 0 Å². The van der Waals surface area contributed by atoms with Crippen molar-refractivity contribution >= 4 is 5.91 Å². The van der Waals surface area contributed by atoms with Crippen LogP contribution in [0.15, 0.2) is 47.1 Å². The van der Waals surface area contributed by atoms with E-state index in [-0.39, 0.29) is 5.91 Å². The SMILES string of the molecule is Cc1ccccc1C(=O)NCCCOCc1ccco1. The van der Waals surface area contributed by atoms with E-state index in [1.807, 2.05) is 43.3 Å².